The topological polar surface area (TPSA) is 86.7 Å². The Morgan fingerprint density at radius 1 is 1.35 bits per heavy atom. The molecule has 0 atom stereocenters. The second kappa shape index (κ2) is 5.65. The Balaban J connectivity index is 2.55. The van der Waals surface area contributed by atoms with Gasteiger partial charge in [-0.2, -0.15) is 12.7 Å². The van der Waals surface area contributed by atoms with Gasteiger partial charge in [0, 0.05) is 13.6 Å². The molecule has 0 spiro atoms. The molecule has 1 rings (SSSR count). The van der Waals surface area contributed by atoms with Crippen LogP contribution in [0, 0.1) is 0 Å². The van der Waals surface area contributed by atoms with Crippen molar-refractivity contribution in [2.75, 3.05) is 13.6 Å². The number of carboxylic acid groups (broad SMARTS) is 1. The van der Waals surface area contributed by atoms with Gasteiger partial charge in [0.2, 0.25) is 0 Å². The molecular weight excluding hydrogens is 244 g/mol. The van der Waals surface area contributed by atoms with E-state index in [4.69, 9.17) is 5.11 Å². The summed E-state index contributed by atoms with van der Waals surface area (Å²) >= 11 is 0. The molecule has 6 nitrogen and oxygen atoms in total. The van der Waals surface area contributed by atoms with Gasteiger partial charge in [-0.1, -0.05) is 30.3 Å². The van der Waals surface area contributed by atoms with E-state index in [1.807, 2.05) is 30.3 Å². The lowest BCUT2D eigenvalue weighted by Gasteiger charge is -2.16. The predicted octanol–water partition coefficient (Wildman–Crippen LogP) is 0.673. The first-order valence-corrected chi connectivity index (χ1v) is 6.37. The van der Waals surface area contributed by atoms with Crippen molar-refractivity contribution in [3.63, 3.8) is 0 Å². The van der Waals surface area contributed by atoms with E-state index < -0.39 is 16.3 Å². The van der Waals surface area contributed by atoms with E-state index in [1.165, 1.54) is 11.8 Å². The molecular formula is C10H14N2O4S. The lowest BCUT2D eigenvalue weighted by atomic mass is 10.2. The van der Waals surface area contributed by atoms with E-state index >= 15 is 0 Å². The molecule has 7 heteroatoms. The van der Waals surface area contributed by atoms with Crippen LogP contribution in [0.4, 0.5) is 4.79 Å². The molecule has 0 aliphatic heterocycles. The highest BCUT2D eigenvalue weighted by Crippen LogP contribution is 2.02. The first-order valence-electron chi connectivity index (χ1n) is 4.93. The van der Waals surface area contributed by atoms with Crippen LogP contribution in [0.15, 0.2) is 30.3 Å². The van der Waals surface area contributed by atoms with Gasteiger partial charge in [-0.25, -0.2) is 9.52 Å². The molecule has 1 amide bonds. The van der Waals surface area contributed by atoms with Crippen molar-refractivity contribution in [2.24, 2.45) is 0 Å². The molecule has 1 aromatic rings. The molecule has 0 aromatic heterocycles. The minimum absolute atomic E-state index is 0.215. The molecule has 0 fully saturated rings. The Bertz CT molecular complexity index is 472. The maximum absolute atomic E-state index is 11.4. The van der Waals surface area contributed by atoms with Gasteiger partial charge in [0.05, 0.1) is 0 Å². The highest BCUT2D eigenvalue weighted by atomic mass is 32.2. The third-order valence-corrected chi connectivity index (χ3v) is 3.62. The summed E-state index contributed by atoms with van der Waals surface area (Å²) in [5.74, 6) is 0. The molecule has 2 N–H and O–H groups in total. The number of benzene rings is 1. The van der Waals surface area contributed by atoms with Crippen LogP contribution in [-0.4, -0.2) is 37.5 Å². The third kappa shape index (κ3) is 4.41. The van der Waals surface area contributed by atoms with Crippen LogP contribution in [-0.2, 0) is 16.6 Å². The average molecular weight is 258 g/mol. The zero-order valence-corrected chi connectivity index (χ0v) is 10.1. The lowest BCUT2D eigenvalue weighted by Crippen LogP contribution is -2.41. The number of nitrogens with one attached hydrogen (secondary N) is 1. The third-order valence-electron chi connectivity index (χ3n) is 2.18. The first kappa shape index (κ1) is 13.5. The molecule has 0 unspecified atom stereocenters. The summed E-state index contributed by atoms with van der Waals surface area (Å²) in [7, 11) is -2.62. The predicted molar refractivity (Wildman–Crippen MR) is 62.9 cm³/mol. The normalized spacial score (nSPS) is 11.4. The van der Waals surface area contributed by atoms with Gasteiger partial charge in [0.25, 0.3) is 0 Å². The zero-order valence-electron chi connectivity index (χ0n) is 9.33. The van der Waals surface area contributed by atoms with Crippen LogP contribution in [0.5, 0.6) is 0 Å². The summed E-state index contributed by atoms with van der Waals surface area (Å²) < 4.78 is 25.2. The lowest BCUT2D eigenvalue weighted by molar-refractivity contribution is 0.200. The summed E-state index contributed by atoms with van der Waals surface area (Å²) in [6, 6.07) is 9.35. The van der Waals surface area contributed by atoms with E-state index in [-0.39, 0.29) is 6.54 Å². The summed E-state index contributed by atoms with van der Waals surface area (Å²) in [6.07, 6.45) is -1.06. The molecule has 0 bridgehead atoms. The van der Waals surface area contributed by atoms with Crippen LogP contribution in [0.2, 0.25) is 0 Å². The molecule has 0 aliphatic rings. The largest absolute Gasteiger partial charge is 0.464 e. The summed E-state index contributed by atoms with van der Waals surface area (Å²) in [5, 5.41) is 8.37. The van der Waals surface area contributed by atoms with E-state index in [0.717, 1.165) is 9.87 Å². The summed E-state index contributed by atoms with van der Waals surface area (Å²) in [5.41, 5.74) is 0.991. The van der Waals surface area contributed by atoms with E-state index in [2.05, 4.69) is 0 Å². The fourth-order valence-corrected chi connectivity index (χ4v) is 1.95. The number of amides is 1. The zero-order chi connectivity index (χ0) is 12.9. The number of likely N-dealkylation sites (N-methyl/N-ethyl adjacent to an activating group) is 1. The Hall–Kier alpha value is -1.60. The molecule has 1 aromatic carbocycles. The van der Waals surface area contributed by atoms with Crippen LogP contribution in [0.3, 0.4) is 0 Å². The highest BCUT2D eigenvalue weighted by molar-refractivity contribution is 7.87. The van der Waals surface area contributed by atoms with Crippen LogP contribution in [0.25, 0.3) is 0 Å². The standard InChI is InChI=1S/C10H14N2O4S/c1-12(17(15,16)11-10(13)14)8-7-9-5-3-2-4-6-9/h2-6,11H,7-8H2,1H3,(H,13,14). The SMILES string of the molecule is CN(CCc1ccccc1)S(=O)(=O)NC(=O)O. The minimum atomic E-state index is -3.95. The number of nitrogens with zero attached hydrogens (tertiary/aromatic N) is 1. The molecule has 17 heavy (non-hydrogen) atoms. The van der Waals surface area contributed by atoms with Crippen molar-refractivity contribution >= 4 is 16.3 Å². The van der Waals surface area contributed by atoms with Crippen molar-refractivity contribution in [2.45, 2.75) is 6.42 Å². The molecule has 0 saturated carbocycles. The fraction of sp³-hybridized carbons (Fsp3) is 0.300. The maximum Gasteiger partial charge on any atom is 0.419 e. The van der Waals surface area contributed by atoms with E-state index in [1.54, 1.807) is 0 Å². The van der Waals surface area contributed by atoms with Crippen LogP contribution >= 0.6 is 0 Å². The maximum atomic E-state index is 11.4. The van der Waals surface area contributed by atoms with Gasteiger partial charge in [-0.3, -0.25) is 0 Å². The van der Waals surface area contributed by atoms with E-state index in [9.17, 15) is 13.2 Å². The van der Waals surface area contributed by atoms with Gasteiger partial charge in [0.15, 0.2) is 0 Å². The highest BCUT2D eigenvalue weighted by Gasteiger charge is 2.19. The number of hydrogen-bond donors (Lipinski definition) is 2. The van der Waals surface area contributed by atoms with Crippen LogP contribution in [0.1, 0.15) is 5.56 Å². The van der Waals surface area contributed by atoms with Gasteiger partial charge >= 0.3 is 16.3 Å². The Kier molecular flexibility index (Phi) is 4.47. The van der Waals surface area contributed by atoms with Crippen molar-refractivity contribution in [3.8, 4) is 0 Å². The Labute approximate surface area is 100 Å². The molecule has 0 saturated heterocycles. The quantitative estimate of drug-likeness (QED) is 0.812. The molecule has 0 aliphatic carbocycles. The van der Waals surface area contributed by atoms with Crippen molar-refractivity contribution < 1.29 is 18.3 Å². The number of hydrogen-bond acceptors (Lipinski definition) is 3. The second-order valence-electron chi connectivity index (χ2n) is 3.47. The number of rotatable bonds is 5. The van der Waals surface area contributed by atoms with E-state index in [0.29, 0.717) is 6.42 Å². The minimum Gasteiger partial charge on any atom is -0.464 e. The van der Waals surface area contributed by atoms with Gasteiger partial charge < -0.3 is 5.11 Å². The Morgan fingerprint density at radius 2 is 1.94 bits per heavy atom. The monoisotopic (exact) mass is 258 g/mol. The first-order chi connectivity index (χ1) is 7.92. The van der Waals surface area contributed by atoms with Crippen molar-refractivity contribution in [3.05, 3.63) is 35.9 Å². The average Bonchev–Trinajstić information content (AvgIpc) is 2.25. The molecule has 0 heterocycles. The Morgan fingerprint density at radius 3 is 2.47 bits per heavy atom. The van der Waals surface area contributed by atoms with Crippen LogP contribution < -0.4 is 4.72 Å². The number of carbonyl (C=O) groups is 1. The van der Waals surface area contributed by atoms with Crippen molar-refractivity contribution in [1.29, 1.82) is 0 Å². The van der Waals surface area contributed by atoms with Gasteiger partial charge in [-0.15, -0.1) is 0 Å². The van der Waals surface area contributed by atoms with Gasteiger partial charge in [-0.05, 0) is 12.0 Å². The van der Waals surface area contributed by atoms with Gasteiger partial charge in [0.1, 0.15) is 0 Å². The molecule has 0 radical (unpaired) electrons. The summed E-state index contributed by atoms with van der Waals surface area (Å²) in [4.78, 5) is 10.3. The van der Waals surface area contributed by atoms with Crippen molar-refractivity contribution in [1.82, 2.24) is 9.03 Å². The fourth-order valence-electron chi connectivity index (χ4n) is 1.24. The second-order valence-corrected chi connectivity index (χ2v) is 5.25. The molecule has 94 valence electrons. The smallest absolute Gasteiger partial charge is 0.419 e. The summed E-state index contributed by atoms with van der Waals surface area (Å²) in [6.45, 7) is 0.215.